The molecular formula is C13H11F3N2O2S. The van der Waals surface area contributed by atoms with Gasteiger partial charge in [0.05, 0.1) is 6.04 Å². The normalized spacial score (nSPS) is 13.0. The molecule has 0 aliphatic heterocycles. The first-order valence-corrected chi connectivity index (χ1v) is 6.82. The van der Waals surface area contributed by atoms with Crippen LogP contribution in [0.4, 0.5) is 13.2 Å². The number of alkyl halides is 3. The van der Waals surface area contributed by atoms with Gasteiger partial charge in [-0.15, -0.1) is 11.3 Å². The Morgan fingerprint density at radius 2 is 2.05 bits per heavy atom. The molecule has 0 saturated carbocycles. The van der Waals surface area contributed by atoms with Crippen molar-refractivity contribution in [1.82, 2.24) is 10.3 Å². The van der Waals surface area contributed by atoms with Crippen LogP contribution >= 0.6 is 11.3 Å². The summed E-state index contributed by atoms with van der Waals surface area (Å²) in [7, 11) is 0. The van der Waals surface area contributed by atoms with Crippen LogP contribution in [0.25, 0.3) is 0 Å². The second-order valence-corrected chi connectivity index (χ2v) is 5.30. The number of thiophene rings is 1. The van der Waals surface area contributed by atoms with E-state index < -0.39 is 23.3 Å². The zero-order valence-corrected chi connectivity index (χ0v) is 11.6. The van der Waals surface area contributed by atoms with Crippen molar-refractivity contribution in [3.8, 4) is 0 Å². The molecule has 0 aromatic carbocycles. The van der Waals surface area contributed by atoms with Crippen LogP contribution in [0.5, 0.6) is 0 Å². The number of halogens is 3. The predicted molar refractivity (Wildman–Crippen MR) is 72.3 cm³/mol. The van der Waals surface area contributed by atoms with Crippen LogP contribution in [0.3, 0.4) is 0 Å². The van der Waals surface area contributed by atoms with Crippen molar-refractivity contribution in [3.05, 3.63) is 56.1 Å². The number of hydrogen-bond acceptors (Lipinski definition) is 3. The quantitative estimate of drug-likeness (QED) is 0.914. The number of aromatic amines is 1. The molecule has 0 bridgehead atoms. The van der Waals surface area contributed by atoms with Crippen molar-refractivity contribution in [2.45, 2.75) is 19.1 Å². The number of aromatic nitrogens is 1. The maximum Gasteiger partial charge on any atom is 0.431 e. The van der Waals surface area contributed by atoms with Crippen molar-refractivity contribution in [3.63, 3.8) is 0 Å². The summed E-state index contributed by atoms with van der Waals surface area (Å²) in [6, 6.07) is 4.84. The molecule has 1 atom stereocenters. The van der Waals surface area contributed by atoms with E-state index >= 15 is 0 Å². The van der Waals surface area contributed by atoms with E-state index in [9.17, 15) is 22.8 Å². The largest absolute Gasteiger partial charge is 0.431 e. The molecule has 0 aliphatic rings. The Hall–Kier alpha value is -2.09. The fourth-order valence-electron chi connectivity index (χ4n) is 1.70. The molecule has 0 spiro atoms. The first-order chi connectivity index (χ1) is 9.79. The minimum absolute atomic E-state index is 0.334. The van der Waals surface area contributed by atoms with Crippen LogP contribution < -0.4 is 10.9 Å². The number of pyridine rings is 1. The van der Waals surface area contributed by atoms with Gasteiger partial charge in [0, 0.05) is 4.88 Å². The minimum atomic E-state index is -4.65. The average Bonchev–Trinajstić information content (AvgIpc) is 2.91. The van der Waals surface area contributed by atoms with E-state index in [0.29, 0.717) is 6.07 Å². The minimum Gasteiger partial charge on any atom is -0.345 e. The third-order valence-corrected chi connectivity index (χ3v) is 3.83. The van der Waals surface area contributed by atoms with Gasteiger partial charge in [-0.3, -0.25) is 9.59 Å². The molecule has 2 heterocycles. The van der Waals surface area contributed by atoms with E-state index in [2.05, 4.69) is 5.32 Å². The Morgan fingerprint density at radius 3 is 2.57 bits per heavy atom. The van der Waals surface area contributed by atoms with E-state index in [4.69, 9.17) is 0 Å². The molecule has 21 heavy (non-hydrogen) atoms. The highest BCUT2D eigenvalue weighted by Gasteiger charge is 2.32. The zero-order valence-electron chi connectivity index (χ0n) is 10.8. The number of carbonyl (C=O) groups excluding carboxylic acids is 1. The highest BCUT2D eigenvalue weighted by Crippen LogP contribution is 2.26. The first kappa shape index (κ1) is 15.3. The van der Waals surface area contributed by atoms with Gasteiger partial charge in [0.25, 0.3) is 11.5 Å². The molecule has 0 saturated heterocycles. The second-order valence-electron chi connectivity index (χ2n) is 4.32. The summed E-state index contributed by atoms with van der Waals surface area (Å²) < 4.78 is 37.3. The third kappa shape index (κ3) is 3.52. The Kier molecular flexibility index (Phi) is 4.17. The van der Waals surface area contributed by atoms with Crippen molar-refractivity contribution in [2.24, 2.45) is 0 Å². The monoisotopic (exact) mass is 316 g/mol. The summed E-state index contributed by atoms with van der Waals surface area (Å²) in [5, 5.41) is 4.40. The molecule has 1 unspecified atom stereocenters. The van der Waals surface area contributed by atoms with Gasteiger partial charge in [-0.05, 0) is 30.5 Å². The van der Waals surface area contributed by atoms with E-state index in [1.54, 1.807) is 11.9 Å². The number of H-pyrrole nitrogens is 1. The summed E-state index contributed by atoms with van der Waals surface area (Å²) >= 11 is 1.43. The van der Waals surface area contributed by atoms with Crippen LogP contribution in [0.2, 0.25) is 0 Å². The Labute approximate surface area is 121 Å². The molecule has 112 valence electrons. The summed E-state index contributed by atoms with van der Waals surface area (Å²) in [5.74, 6) is -0.717. The van der Waals surface area contributed by atoms with Crippen LogP contribution in [-0.2, 0) is 6.18 Å². The maximum absolute atomic E-state index is 12.4. The summed E-state index contributed by atoms with van der Waals surface area (Å²) in [5.41, 5.74) is -2.61. The number of carbonyl (C=O) groups is 1. The van der Waals surface area contributed by atoms with Gasteiger partial charge >= 0.3 is 6.18 Å². The molecule has 0 fully saturated rings. The van der Waals surface area contributed by atoms with Crippen LogP contribution in [-0.4, -0.2) is 10.9 Å². The lowest BCUT2D eigenvalue weighted by atomic mass is 10.2. The van der Waals surface area contributed by atoms with E-state index in [-0.39, 0.29) is 11.6 Å². The number of rotatable bonds is 3. The predicted octanol–water partition coefficient (Wildman–Crippen LogP) is 2.95. The fraction of sp³-hybridized carbons (Fsp3) is 0.231. The molecule has 2 aromatic rings. The van der Waals surface area contributed by atoms with Crippen molar-refractivity contribution < 1.29 is 18.0 Å². The highest BCUT2D eigenvalue weighted by molar-refractivity contribution is 7.10. The van der Waals surface area contributed by atoms with E-state index in [1.807, 2.05) is 17.5 Å². The summed E-state index contributed by atoms with van der Waals surface area (Å²) in [6.45, 7) is 1.72. The Bertz CT molecular complexity index is 692. The van der Waals surface area contributed by atoms with Crippen molar-refractivity contribution in [2.75, 3.05) is 0 Å². The van der Waals surface area contributed by atoms with Crippen LogP contribution in [0, 0.1) is 0 Å². The average molecular weight is 316 g/mol. The van der Waals surface area contributed by atoms with Crippen LogP contribution in [0.1, 0.15) is 33.9 Å². The first-order valence-electron chi connectivity index (χ1n) is 5.94. The Balaban J connectivity index is 2.19. The zero-order chi connectivity index (χ0) is 15.6. The topological polar surface area (TPSA) is 62.0 Å². The summed E-state index contributed by atoms with van der Waals surface area (Å²) in [6.07, 6.45) is -4.65. The van der Waals surface area contributed by atoms with E-state index in [0.717, 1.165) is 10.9 Å². The van der Waals surface area contributed by atoms with Crippen molar-refractivity contribution in [1.29, 1.82) is 0 Å². The molecule has 1 amide bonds. The lowest BCUT2D eigenvalue weighted by Gasteiger charge is -2.12. The molecule has 4 nitrogen and oxygen atoms in total. The lowest BCUT2D eigenvalue weighted by molar-refractivity contribution is -0.141. The fourth-order valence-corrected chi connectivity index (χ4v) is 2.44. The highest BCUT2D eigenvalue weighted by atomic mass is 32.1. The Morgan fingerprint density at radius 1 is 1.33 bits per heavy atom. The van der Waals surface area contributed by atoms with Crippen LogP contribution in [0.15, 0.2) is 34.4 Å². The third-order valence-electron chi connectivity index (χ3n) is 2.78. The standard InChI is InChI=1S/C13H11F3N2O2S/c1-7(9-3-2-6-21-9)17-11(19)8-4-5-10(13(14,15)16)18-12(8)20/h2-7H,1H3,(H,17,19)(H,18,20). The molecular weight excluding hydrogens is 305 g/mol. The number of nitrogens with one attached hydrogen (secondary N) is 2. The molecule has 2 aromatic heterocycles. The van der Waals surface area contributed by atoms with Gasteiger partial charge in [-0.1, -0.05) is 6.07 Å². The number of amides is 1. The van der Waals surface area contributed by atoms with Gasteiger partial charge in [0.2, 0.25) is 0 Å². The molecule has 2 N–H and O–H groups in total. The second kappa shape index (κ2) is 5.72. The lowest BCUT2D eigenvalue weighted by Crippen LogP contribution is -2.32. The van der Waals surface area contributed by atoms with E-state index in [1.165, 1.54) is 11.3 Å². The molecule has 2 rings (SSSR count). The summed E-state index contributed by atoms with van der Waals surface area (Å²) in [4.78, 5) is 26.1. The molecule has 0 aliphatic carbocycles. The molecule has 0 radical (unpaired) electrons. The number of hydrogen-bond donors (Lipinski definition) is 2. The van der Waals surface area contributed by atoms with Gasteiger partial charge in [-0.25, -0.2) is 0 Å². The van der Waals surface area contributed by atoms with Gasteiger partial charge in [0.1, 0.15) is 11.3 Å². The van der Waals surface area contributed by atoms with Gasteiger partial charge in [0.15, 0.2) is 0 Å². The van der Waals surface area contributed by atoms with Gasteiger partial charge in [-0.2, -0.15) is 13.2 Å². The maximum atomic E-state index is 12.4. The molecule has 8 heteroatoms. The van der Waals surface area contributed by atoms with Gasteiger partial charge < -0.3 is 10.3 Å². The SMILES string of the molecule is CC(NC(=O)c1ccc(C(F)(F)F)[nH]c1=O)c1cccs1. The van der Waals surface area contributed by atoms with Crippen molar-refractivity contribution >= 4 is 17.2 Å². The smallest absolute Gasteiger partial charge is 0.345 e.